The summed E-state index contributed by atoms with van der Waals surface area (Å²) in [6, 6.07) is 0. The van der Waals surface area contributed by atoms with Gasteiger partial charge < -0.3 is 9.80 Å². The van der Waals surface area contributed by atoms with E-state index in [1.165, 1.54) is 12.0 Å². The molecule has 2 amide bonds. The van der Waals surface area contributed by atoms with Gasteiger partial charge in [0.05, 0.1) is 0 Å². The van der Waals surface area contributed by atoms with Crippen molar-refractivity contribution in [2.45, 2.75) is 79.6 Å². The molecule has 0 aliphatic carbocycles. The number of nitrogens with zero attached hydrogens (tertiary/aromatic N) is 2. The van der Waals surface area contributed by atoms with E-state index in [1.807, 2.05) is 9.80 Å². The summed E-state index contributed by atoms with van der Waals surface area (Å²) in [4.78, 5) is 29.2. The van der Waals surface area contributed by atoms with Gasteiger partial charge in [-0.1, -0.05) is 46.3 Å². The summed E-state index contributed by atoms with van der Waals surface area (Å²) in [6.45, 7) is 14.1. The average Bonchev–Trinajstić information content (AvgIpc) is 2.53. The number of carbonyl (C=O) groups excluding carboxylic acids is 2. The van der Waals surface area contributed by atoms with Gasteiger partial charge in [-0.05, 0) is 42.9 Å². The molecule has 4 heteroatoms. The number of amides is 2. The van der Waals surface area contributed by atoms with E-state index in [4.69, 9.17) is 0 Å². The topological polar surface area (TPSA) is 40.6 Å². The molecule has 0 unspecified atom stereocenters. The Morgan fingerprint density at radius 2 is 1.50 bits per heavy atom. The highest BCUT2D eigenvalue weighted by atomic mass is 16.2. The van der Waals surface area contributed by atoms with Gasteiger partial charge in [-0.3, -0.25) is 9.59 Å². The second-order valence-corrected chi connectivity index (χ2v) is 10.2. The fraction of sp³-hybridized carbons (Fsp3) is 0.818. The van der Waals surface area contributed by atoms with E-state index in [9.17, 15) is 9.59 Å². The van der Waals surface area contributed by atoms with Crippen molar-refractivity contribution in [3.8, 4) is 0 Å². The van der Waals surface area contributed by atoms with Gasteiger partial charge in [0.2, 0.25) is 11.8 Å². The second kappa shape index (κ2) is 8.58. The number of hydrogen-bond acceptors (Lipinski definition) is 2. The Morgan fingerprint density at radius 1 is 0.885 bits per heavy atom. The van der Waals surface area contributed by atoms with Crippen molar-refractivity contribution in [1.29, 1.82) is 0 Å². The lowest BCUT2D eigenvalue weighted by atomic mass is 9.80. The van der Waals surface area contributed by atoms with Gasteiger partial charge in [0.25, 0.3) is 0 Å². The van der Waals surface area contributed by atoms with Gasteiger partial charge in [0.1, 0.15) is 0 Å². The third kappa shape index (κ3) is 6.77. The van der Waals surface area contributed by atoms with Crippen LogP contribution in [0, 0.1) is 10.8 Å². The fourth-order valence-electron chi connectivity index (χ4n) is 4.06. The van der Waals surface area contributed by atoms with Crippen LogP contribution in [0.15, 0.2) is 11.6 Å². The molecule has 2 rings (SSSR count). The summed E-state index contributed by atoms with van der Waals surface area (Å²) in [5.74, 6) is 0.553. The van der Waals surface area contributed by atoms with Crippen LogP contribution < -0.4 is 0 Å². The number of piperidine rings is 1. The van der Waals surface area contributed by atoms with E-state index in [2.05, 4.69) is 40.7 Å². The van der Waals surface area contributed by atoms with E-state index in [1.54, 1.807) is 0 Å². The van der Waals surface area contributed by atoms with Crippen LogP contribution in [-0.2, 0) is 9.59 Å². The molecule has 0 saturated carbocycles. The predicted molar refractivity (Wildman–Crippen MR) is 107 cm³/mol. The Kier molecular flexibility index (Phi) is 6.92. The minimum Gasteiger partial charge on any atom is -0.343 e. The molecule has 4 nitrogen and oxygen atoms in total. The van der Waals surface area contributed by atoms with Crippen molar-refractivity contribution in [2.24, 2.45) is 10.8 Å². The predicted octanol–water partition coefficient (Wildman–Crippen LogP) is 4.40. The average molecular weight is 363 g/mol. The lowest BCUT2D eigenvalue weighted by molar-refractivity contribution is -0.135. The molecule has 1 saturated heterocycles. The summed E-state index contributed by atoms with van der Waals surface area (Å²) < 4.78 is 0. The van der Waals surface area contributed by atoms with Gasteiger partial charge in [0.15, 0.2) is 0 Å². The first-order valence-corrected chi connectivity index (χ1v) is 10.3. The molecule has 0 N–H and O–H groups in total. The molecule has 1 fully saturated rings. The largest absolute Gasteiger partial charge is 0.343 e. The van der Waals surface area contributed by atoms with E-state index < -0.39 is 0 Å². The Labute approximate surface area is 160 Å². The quantitative estimate of drug-likeness (QED) is 0.680. The molecule has 0 aromatic carbocycles. The zero-order valence-corrected chi connectivity index (χ0v) is 17.6. The smallest absolute Gasteiger partial charge is 0.223 e. The van der Waals surface area contributed by atoms with Crippen LogP contribution in [0.1, 0.15) is 79.6 Å². The second-order valence-electron chi connectivity index (χ2n) is 10.2. The highest BCUT2D eigenvalue weighted by Crippen LogP contribution is 2.32. The maximum absolute atomic E-state index is 12.6. The van der Waals surface area contributed by atoms with Crippen LogP contribution in [0.25, 0.3) is 0 Å². The molecule has 0 atom stereocenters. The Hall–Kier alpha value is -1.32. The van der Waals surface area contributed by atoms with Crippen molar-refractivity contribution in [1.82, 2.24) is 9.80 Å². The zero-order valence-electron chi connectivity index (χ0n) is 17.6. The van der Waals surface area contributed by atoms with Gasteiger partial charge in [-0.15, -0.1) is 0 Å². The Morgan fingerprint density at radius 3 is 2.12 bits per heavy atom. The molecule has 0 aromatic rings. The van der Waals surface area contributed by atoms with Crippen molar-refractivity contribution < 1.29 is 9.59 Å². The highest BCUT2D eigenvalue weighted by molar-refractivity contribution is 5.78. The molecule has 0 aromatic heterocycles. The van der Waals surface area contributed by atoms with Crippen LogP contribution in [0.4, 0.5) is 0 Å². The molecule has 2 heterocycles. The highest BCUT2D eigenvalue weighted by Gasteiger charge is 2.29. The summed E-state index contributed by atoms with van der Waals surface area (Å²) in [7, 11) is 0. The van der Waals surface area contributed by atoms with Crippen molar-refractivity contribution in [2.75, 3.05) is 26.2 Å². The van der Waals surface area contributed by atoms with E-state index in [0.717, 1.165) is 51.9 Å². The third-order valence-corrected chi connectivity index (χ3v) is 5.30. The Bertz CT molecular complexity index is 537. The maximum atomic E-state index is 12.6. The molecule has 148 valence electrons. The van der Waals surface area contributed by atoms with Crippen LogP contribution in [0.3, 0.4) is 0 Å². The van der Waals surface area contributed by atoms with Crippen LogP contribution >= 0.6 is 0 Å². The first kappa shape index (κ1) is 21.0. The molecule has 26 heavy (non-hydrogen) atoms. The van der Waals surface area contributed by atoms with Gasteiger partial charge >= 0.3 is 0 Å². The van der Waals surface area contributed by atoms with E-state index in [-0.39, 0.29) is 16.7 Å². The minimum absolute atomic E-state index is 0.0263. The van der Waals surface area contributed by atoms with Gasteiger partial charge in [-0.25, -0.2) is 0 Å². The van der Waals surface area contributed by atoms with E-state index >= 15 is 0 Å². The number of likely N-dealkylation sites (tertiary alicyclic amines) is 1. The van der Waals surface area contributed by atoms with Crippen molar-refractivity contribution in [3.63, 3.8) is 0 Å². The molecule has 2 aliphatic heterocycles. The number of rotatable bonds is 5. The molecule has 0 spiro atoms. The monoisotopic (exact) mass is 362 g/mol. The minimum atomic E-state index is -0.0591. The summed E-state index contributed by atoms with van der Waals surface area (Å²) in [5, 5.41) is 0. The molecular weight excluding hydrogens is 324 g/mol. The number of carbonyl (C=O) groups is 2. The number of hydrogen-bond donors (Lipinski definition) is 0. The molecular formula is C22H38N2O2. The normalized spacial score (nSPS) is 19.3. The summed E-state index contributed by atoms with van der Waals surface area (Å²) >= 11 is 0. The van der Waals surface area contributed by atoms with Gasteiger partial charge in [0, 0.05) is 39.0 Å². The summed E-state index contributed by atoms with van der Waals surface area (Å²) in [5.41, 5.74) is 1.28. The van der Waals surface area contributed by atoms with Crippen molar-refractivity contribution >= 4 is 11.8 Å². The van der Waals surface area contributed by atoms with Crippen LogP contribution in [0.5, 0.6) is 0 Å². The lowest BCUT2D eigenvalue weighted by Crippen LogP contribution is -2.40. The van der Waals surface area contributed by atoms with E-state index in [0.29, 0.717) is 18.7 Å². The lowest BCUT2D eigenvalue weighted by Gasteiger charge is -2.35. The molecule has 2 aliphatic rings. The molecule has 0 bridgehead atoms. The van der Waals surface area contributed by atoms with Crippen LogP contribution in [0.2, 0.25) is 0 Å². The Balaban J connectivity index is 1.88. The molecule has 0 radical (unpaired) electrons. The zero-order chi connectivity index (χ0) is 19.4. The maximum Gasteiger partial charge on any atom is 0.223 e. The third-order valence-electron chi connectivity index (χ3n) is 5.30. The SMILES string of the molecule is CC(C)(C)CC(=O)N1CCC=C(CC(C)(C)CC(=O)N2CCCCC2)C1. The first-order chi connectivity index (χ1) is 12.1. The van der Waals surface area contributed by atoms with Crippen LogP contribution in [-0.4, -0.2) is 47.8 Å². The fourth-order valence-corrected chi connectivity index (χ4v) is 4.06. The summed E-state index contributed by atoms with van der Waals surface area (Å²) in [6.07, 6.45) is 8.83. The standard InChI is InChI=1S/C22H38N2O2/c1-21(2,3)15-19(25)24-13-9-10-18(17-24)14-22(4,5)16-20(26)23-11-7-6-8-12-23/h10H,6-9,11-17H2,1-5H3. The first-order valence-electron chi connectivity index (χ1n) is 10.3. The van der Waals surface area contributed by atoms with Crippen molar-refractivity contribution in [3.05, 3.63) is 11.6 Å². The van der Waals surface area contributed by atoms with Gasteiger partial charge in [-0.2, -0.15) is 0 Å².